The Hall–Kier alpha value is -0.320. The minimum atomic E-state index is -0.810. The number of piperidine rings is 1. The molecule has 0 aliphatic carbocycles. The van der Waals surface area contributed by atoms with E-state index < -0.39 is 12.1 Å². The Morgan fingerprint density at radius 1 is 1.43 bits per heavy atom. The molecule has 4 nitrogen and oxygen atoms in total. The maximum atomic E-state index is 10.7. The molecule has 2 N–H and O–H groups in total. The third-order valence-corrected chi connectivity index (χ3v) is 3.15. The van der Waals surface area contributed by atoms with Gasteiger partial charge in [0.15, 0.2) is 6.10 Å². The van der Waals surface area contributed by atoms with E-state index in [4.69, 9.17) is 9.84 Å². The summed E-state index contributed by atoms with van der Waals surface area (Å²) in [6, 6.07) is 0. The van der Waals surface area contributed by atoms with Gasteiger partial charge in [0, 0.05) is 0 Å². The Morgan fingerprint density at radius 3 is 2.57 bits per heavy atom. The summed E-state index contributed by atoms with van der Waals surface area (Å²) in [5.41, 5.74) is 0.161. The average Bonchev–Trinajstić information content (AvgIpc) is 2.51. The number of carboxylic acid groups (broad SMARTS) is 1. The molecule has 0 saturated carbocycles. The number of halogens is 1. The van der Waals surface area contributed by atoms with Crippen LogP contribution in [0.2, 0.25) is 0 Å². The minimum absolute atomic E-state index is 0. The highest BCUT2D eigenvalue weighted by atomic mass is 35.5. The highest BCUT2D eigenvalue weighted by molar-refractivity contribution is 5.85. The fraction of sp³-hybridized carbons (Fsp3) is 0.889. The second-order valence-corrected chi connectivity index (χ2v) is 4.09. The molecule has 1 atom stereocenters. The van der Waals surface area contributed by atoms with E-state index in [9.17, 15) is 4.79 Å². The molecular formula is C9H16ClNO3. The quantitative estimate of drug-likeness (QED) is 0.683. The smallest absolute Gasteiger partial charge is 0.332 e. The van der Waals surface area contributed by atoms with E-state index in [1.54, 1.807) is 0 Å². The van der Waals surface area contributed by atoms with Crippen LogP contribution in [-0.4, -0.2) is 36.9 Å². The minimum Gasteiger partial charge on any atom is -0.479 e. The van der Waals surface area contributed by atoms with E-state index in [1.165, 1.54) is 0 Å². The van der Waals surface area contributed by atoms with Crippen LogP contribution < -0.4 is 5.32 Å². The van der Waals surface area contributed by atoms with Gasteiger partial charge >= 0.3 is 5.97 Å². The summed E-state index contributed by atoms with van der Waals surface area (Å²) < 4.78 is 5.28. The summed E-state index contributed by atoms with van der Waals surface area (Å²) in [6.07, 6.45) is 2.25. The van der Waals surface area contributed by atoms with Gasteiger partial charge in [0.1, 0.15) is 0 Å². The zero-order valence-corrected chi connectivity index (χ0v) is 8.81. The van der Waals surface area contributed by atoms with Crippen molar-refractivity contribution in [3.8, 4) is 0 Å². The van der Waals surface area contributed by atoms with Gasteiger partial charge in [-0.05, 0) is 37.8 Å². The van der Waals surface area contributed by atoms with E-state index in [0.29, 0.717) is 13.0 Å². The molecule has 2 saturated heterocycles. The molecular weight excluding hydrogens is 206 g/mol. The zero-order valence-electron chi connectivity index (χ0n) is 7.99. The van der Waals surface area contributed by atoms with Crippen molar-refractivity contribution in [2.24, 2.45) is 5.41 Å². The van der Waals surface area contributed by atoms with Crippen LogP contribution in [0.5, 0.6) is 0 Å². The molecule has 14 heavy (non-hydrogen) atoms. The summed E-state index contributed by atoms with van der Waals surface area (Å²) in [5.74, 6) is -0.810. The van der Waals surface area contributed by atoms with Crippen LogP contribution in [0.1, 0.15) is 19.3 Å². The summed E-state index contributed by atoms with van der Waals surface area (Å²) in [7, 11) is 0. The van der Waals surface area contributed by atoms with Gasteiger partial charge in [0.05, 0.1) is 6.61 Å². The highest BCUT2D eigenvalue weighted by Crippen LogP contribution is 2.40. The molecule has 2 fully saturated rings. The first-order valence-electron chi connectivity index (χ1n) is 4.77. The predicted octanol–water partition coefficient (Wildman–Crippen LogP) is 0.651. The fourth-order valence-electron chi connectivity index (χ4n) is 2.25. The maximum Gasteiger partial charge on any atom is 0.332 e. The van der Waals surface area contributed by atoms with Crippen LogP contribution in [0.4, 0.5) is 0 Å². The van der Waals surface area contributed by atoms with Crippen LogP contribution >= 0.6 is 12.4 Å². The topological polar surface area (TPSA) is 58.6 Å². The van der Waals surface area contributed by atoms with Crippen LogP contribution in [0.3, 0.4) is 0 Å². The first kappa shape index (κ1) is 11.8. The molecule has 2 aliphatic heterocycles. The van der Waals surface area contributed by atoms with Crippen molar-refractivity contribution in [2.45, 2.75) is 25.4 Å². The Bertz CT molecular complexity index is 216. The Morgan fingerprint density at radius 2 is 2.07 bits per heavy atom. The summed E-state index contributed by atoms with van der Waals surface area (Å²) in [4.78, 5) is 10.7. The van der Waals surface area contributed by atoms with Crippen LogP contribution in [0, 0.1) is 5.41 Å². The fourth-order valence-corrected chi connectivity index (χ4v) is 2.25. The number of carbonyl (C=O) groups is 1. The van der Waals surface area contributed by atoms with Crippen LogP contribution in [0.25, 0.3) is 0 Å². The second-order valence-electron chi connectivity index (χ2n) is 4.09. The molecule has 0 aromatic carbocycles. The van der Waals surface area contributed by atoms with Crippen molar-refractivity contribution in [3.05, 3.63) is 0 Å². The SMILES string of the molecule is Cl.O=C(O)C1CC2(CCNCC2)CO1. The third kappa shape index (κ3) is 2.19. The van der Waals surface area contributed by atoms with Crippen molar-refractivity contribution < 1.29 is 14.6 Å². The van der Waals surface area contributed by atoms with Crippen molar-refractivity contribution in [1.29, 1.82) is 0 Å². The molecule has 0 aromatic rings. The van der Waals surface area contributed by atoms with E-state index >= 15 is 0 Å². The Kier molecular flexibility index (Phi) is 3.75. The number of hydrogen-bond acceptors (Lipinski definition) is 3. The molecule has 5 heteroatoms. The van der Waals surface area contributed by atoms with E-state index in [0.717, 1.165) is 25.9 Å². The van der Waals surface area contributed by atoms with Crippen molar-refractivity contribution in [1.82, 2.24) is 5.32 Å². The van der Waals surface area contributed by atoms with Gasteiger partial charge in [-0.3, -0.25) is 0 Å². The Labute approximate surface area is 89.4 Å². The van der Waals surface area contributed by atoms with Crippen molar-refractivity contribution in [3.63, 3.8) is 0 Å². The molecule has 2 rings (SSSR count). The largest absolute Gasteiger partial charge is 0.479 e. The first-order valence-corrected chi connectivity index (χ1v) is 4.77. The lowest BCUT2D eigenvalue weighted by atomic mass is 9.77. The molecule has 1 spiro atoms. The molecule has 1 unspecified atom stereocenters. The normalized spacial score (nSPS) is 29.9. The lowest BCUT2D eigenvalue weighted by molar-refractivity contribution is -0.147. The summed E-state index contributed by atoms with van der Waals surface area (Å²) in [6.45, 7) is 2.62. The van der Waals surface area contributed by atoms with Gasteiger partial charge < -0.3 is 15.2 Å². The molecule has 0 radical (unpaired) electrons. The second kappa shape index (κ2) is 4.47. The number of nitrogens with one attached hydrogen (secondary N) is 1. The van der Waals surface area contributed by atoms with Gasteiger partial charge in [0.25, 0.3) is 0 Å². The van der Waals surface area contributed by atoms with Crippen LogP contribution in [0.15, 0.2) is 0 Å². The molecule has 0 aromatic heterocycles. The number of ether oxygens (including phenoxy) is 1. The number of carboxylic acids is 1. The van der Waals surface area contributed by atoms with E-state index in [-0.39, 0.29) is 17.8 Å². The van der Waals surface area contributed by atoms with Gasteiger partial charge in [-0.25, -0.2) is 4.79 Å². The number of hydrogen-bond donors (Lipinski definition) is 2. The predicted molar refractivity (Wildman–Crippen MR) is 53.8 cm³/mol. The molecule has 82 valence electrons. The van der Waals surface area contributed by atoms with E-state index in [2.05, 4.69) is 5.32 Å². The van der Waals surface area contributed by atoms with Gasteiger partial charge in [-0.1, -0.05) is 0 Å². The number of aliphatic carboxylic acids is 1. The standard InChI is InChI=1S/C9H15NO3.ClH/c11-8(12)7-5-9(6-13-7)1-3-10-4-2-9;/h7,10H,1-6H2,(H,11,12);1H. The zero-order chi connectivity index (χ0) is 9.31. The first-order chi connectivity index (χ1) is 6.22. The van der Waals surface area contributed by atoms with E-state index in [1.807, 2.05) is 0 Å². The van der Waals surface area contributed by atoms with Crippen LogP contribution in [-0.2, 0) is 9.53 Å². The van der Waals surface area contributed by atoms with Crippen molar-refractivity contribution >= 4 is 18.4 Å². The van der Waals surface area contributed by atoms with Crippen molar-refractivity contribution in [2.75, 3.05) is 19.7 Å². The number of rotatable bonds is 1. The third-order valence-electron chi connectivity index (χ3n) is 3.15. The Balaban J connectivity index is 0.000000980. The molecule has 2 heterocycles. The highest BCUT2D eigenvalue weighted by Gasteiger charge is 2.43. The monoisotopic (exact) mass is 221 g/mol. The van der Waals surface area contributed by atoms with Gasteiger partial charge in [-0.15, -0.1) is 12.4 Å². The van der Waals surface area contributed by atoms with Gasteiger partial charge in [0.2, 0.25) is 0 Å². The molecule has 2 aliphatic rings. The summed E-state index contributed by atoms with van der Waals surface area (Å²) >= 11 is 0. The average molecular weight is 222 g/mol. The lowest BCUT2D eigenvalue weighted by Gasteiger charge is -2.31. The maximum absolute atomic E-state index is 10.7. The summed E-state index contributed by atoms with van der Waals surface area (Å²) in [5, 5.41) is 12.1. The lowest BCUT2D eigenvalue weighted by Crippen LogP contribution is -2.37. The molecule has 0 bridgehead atoms. The van der Waals surface area contributed by atoms with Gasteiger partial charge in [-0.2, -0.15) is 0 Å². The molecule has 0 amide bonds.